The first-order chi connectivity index (χ1) is 16.4. The summed E-state index contributed by atoms with van der Waals surface area (Å²) in [7, 11) is 1.47. The van der Waals surface area contributed by atoms with E-state index in [-0.39, 0.29) is 12.5 Å². The number of rotatable bonds is 7. The largest absolute Gasteiger partial charge is 0.493 e. The lowest BCUT2D eigenvalue weighted by Crippen LogP contribution is -2.43. The fourth-order valence-electron chi connectivity index (χ4n) is 3.12. The van der Waals surface area contributed by atoms with Crippen LogP contribution in [0.3, 0.4) is 0 Å². The Balaban J connectivity index is 1.58. The third-order valence-electron chi connectivity index (χ3n) is 4.82. The van der Waals surface area contributed by atoms with E-state index in [1.165, 1.54) is 13.3 Å². The Bertz CT molecular complexity index is 1090. The molecule has 0 aliphatic carbocycles. The second kappa shape index (κ2) is 12.1. The molecule has 180 valence electrons. The van der Waals surface area contributed by atoms with E-state index in [1.54, 1.807) is 35.2 Å². The maximum absolute atomic E-state index is 12.3. The SMILES string of the molecule is COc1cc(/C=N\NC(=O)C(=O)Nc2cccc(C)c2)cc(Br)c1OCC(=O)N1CCOCC1. The molecule has 2 aromatic rings. The maximum atomic E-state index is 12.3. The Morgan fingerprint density at radius 2 is 1.94 bits per heavy atom. The standard InChI is InChI=1S/C23H25BrN4O6/c1-15-4-3-5-17(10-15)26-22(30)23(31)27-25-13-16-11-18(24)21(19(12-16)32-2)34-14-20(29)28-6-8-33-9-7-28/h3-5,10-13H,6-9,14H2,1-2H3,(H,26,30)(H,27,31)/b25-13-. The summed E-state index contributed by atoms with van der Waals surface area (Å²) in [6, 6.07) is 10.4. The molecule has 10 nitrogen and oxygen atoms in total. The third kappa shape index (κ3) is 7.03. The fraction of sp³-hybridized carbons (Fsp3) is 0.304. The number of hydrazone groups is 1. The lowest BCUT2D eigenvalue weighted by Gasteiger charge is -2.26. The van der Waals surface area contributed by atoms with Gasteiger partial charge in [0.25, 0.3) is 5.91 Å². The minimum Gasteiger partial charge on any atom is -0.493 e. The zero-order valence-corrected chi connectivity index (χ0v) is 20.4. The van der Waals surface area contributed by atoms with E-state index in [0.717, 1.165) is 5.56 Å². The summed E-state index contributed by atoms with van der Waals surface area (Å²) in [6.07, 6.45) is 1.35. The van der Waals surface area contributed by atoms with Crippen LogP contribution in [0, 0.1) is 6.92 Å². The number of hydrogen-bond acceptors (Lipinski definition) is 7. The highest BCUT2D eigenvalue weighted by molar-refractivity contribution is 9.10. The molecule has 1 fully saturated rings. The van der Waals surface area contributed by atoms with Gasteiger partial charge in [0.05, 0.1) is 31.0 Å². The number of anilines is 1. The number of carbonyl (C=O) groups excluding carboxylic acids is 3. The second-order valence-corrected chi connectivity index (χ2v) is 8.19. The summed E-state index contributed by atoms with van der Waals surface area (Å²) < 4.78 is 16.9. The molecule has 3 amide bonds. The van der Waals surface area contributed by atoms with E-state index < -0.39 is 11.8 Å². The van der Waals surface area contributed by atoms with Gasteiger partial charge in [-0.3, -0.25) is 14.4 Å². The lowest BCUT2D eigenvalue weighted by molar-refractivity contribution is -0.137. The predicted molar refractivity (Wildman–Crippen MR) is 129 cm³/mol. The van der Waals surface area contributed by atoms with Crippen LogP contribution in [0.2, 0.25) is 0 Å². The molecular weight excluding hydrogens is 508 g/mol. The lowest BCUT2D eigenvalue weighted by atomic mass is 10.2. The van der Waals surface area contributed by atoms with Crippen LogP contribution in [-0.4, -0.2) is 68.9 Å². The molecule has 11 heteroatoms. The van der Waals surface area contributed by atoms with Crippen molar-refractivity contribution < 1.29 is 28.6 Å². The van der Waals surface area contributed by atoms with Gasteiger partial charge in [-0.2, -0.15) is 5.10 Å². The number of methoxy groups -OCH3 is 1. The zero-order chi connectivity index (χ0) is 24.5. The number of amides is 3. The smallest absolute Gasteiger partial charge is 0.329 e. The van der Waals surface area contributed by atoms with Crippen LogP contribution >= 0.6 is 15.9 Å². The highest BCUT2D eigenvalue weighted by atomic mass is 79.9. The molecule has 0 saturated carbocycles. The molecule has 0 bridgehead atoms. The van der Waals surface area contributed by atoms with E-state index in [0.29, 0.717) is 53.5 Å². The van der Waals surface area contributed by atoms with Crippen LogP contribution in [0.4, 0.5) is 5.69 Å². The van der Waals surface area contributed by atoms with Crippen molar-refractivity contribution in [3.8, 4) is 11.5 Å². The minimum atomic E-state index is -0.912. The minimum absolute atomic E-state index is 0.144. The molecule has 0 atom stereocenters. The molecule has 0 aromatic heterocycles. The van der Waals surface area contributed by atoms with Gasteiger partial charge >= 0.3 is 11.8 Å². The Morgan fingerprint density at radius 3 is 2.65 bits per heavy atom. The van der Waals surface area contributed by atoms with Crippen LogP contribution in [-0.2, 0) is 19.1 Å². The molecule has 0 spiro atoms. The Hall–Kier alpha value is -3.44. The fourth-order valence-corrected chi connectivity index (χ4v) is 3.69. The average molecular weight is 533 g/mol. The van der Waals surface area contributed by atoms with Crippen molar-refractivity contribution >= 4 is 45.6 Å². The first kappa shape index (κ1) is 25.2. The zero-order valence-electron chi connectivity index (χ0n) is 18.8. The van der Waals surface area contributed by atoms with Crippen molar-refractivity contribution in [1.29, 1.82) is 0 Å². The summed E-state index contributed by atoms with van der Waals surface area (Å²) in [5.41, 5.74) is 4.22. The molecule has 1 saturated heterocycles. The molecule has 3 rings (SSSR count). The summed E-state index contributed by atoms with van der Waals surface area (Å²) in [5.74, 6) is -1.16. The first-order valence-electron chi connectivity index (χ1n) is 10.4. The van der Waals surface area contributed by atoms with Crippen LogP contribution in [0.25, 0.3) is 0 Å². The van der Waals surface area contributed by atoms with Gasteiger partial charge in [-0.1, -0.05) is 12.1 Å². The number of carbonyl (C=O) groups is 3. The van der Waals surface area contributed by atoms with Crippen molar-refractivity contribution in [1.82, 2.24) is 10.3 Å². The maximum Gasteiger partial charge on any atom is 0.329 e. The van der Waals surface area contributed by atoms with Crippen LogP contribution < -0.4 is 20.2 Å². The Morgan fingerprint density at radius 1 is 1.18 bits per heavy atom. The van der Waals surface area contributed by atoms with Crippen molar-refractivity contribution in [2.75, 3.05) is 45.3 Å². The quantitative estimate of drug-likeness (QED) is 0.320. The number of hydrogen-bond donors (Lipinski definition) is 2. The monoisotopic (exact) mass is 532 g/mol. The van der Waals surface area contributed by atoms with Gasteiger partial charge in [-0.15, -0.1) is 0 Å². The molecule has 0 unspecified atom stereocenters. The molecule has 2 aromatic carbocycles. The molecule has 1 aliphatic heterocycles. The van der Waals surface area contributed by atoms with Crippen LogP contribution in [0.1, 0.15) is 11.1 Å². The van der Waals surface area contributed by atoms with Gasteiger partial charge < -0.3 is 24.4 Å². The van der Waals surface area contributed by atoms with Gasteiger partial charge in [0.2, 0.25) is 0 Å². The van der Waals surface area contributed by atoms with Crippen molar-refractivity contribution in [2.45, 2.75) is 6.92 Å². The molecular formula is C23H25BrN4O6. The van der Waals surface area contributed by atoms with Crippen molar-refractivity contribution in [3.05, 3.63) is 52.0 Å². The van der Waals surface area contributed by atoms with Crippen LogP contribution in [0.15, 0.2) is 46.0 Å². The third-order valence-corrected chi connectivity index (χ3v) is 5.41. The molecule has 1 aliphatic rings. The first-order valence-corrected chi connectivity index (χ1v) is 11.2. The predicted octanol–water partition coefficient (Wildman–Crippen LogP) is 2.09. The Kier molecular flexibility index (Phi) is 9.00. The molecule has 2 N–H and O–H groups in total. The van der Waals surface area contributed by atoms with E-state index in [9.17, 15) is 14.4 Å². The summed E-state index contributed by atoms with van der Waals surface area (Å²) in [6.45, 7) is 3.82. The highest BCUT2D eigenvalue weighted by Crippen LogP contribution is 2.36. The number of nitrogens with one attached hydrogen (secondary N) is 2. The summed E-state index contributed by atoms with van der Waals surface area (Å²) in [5, 5.41) is 6.33. The number of nitrogens with zero attached hydrogens (tertiary/aromatic N) is 2. The van der Waals surface area contributed by atoms with E-state index in [4.69, 9.17) is 14.2 Å². The average Bonchev–Trinajstić information content (AvgIpc) is 2.83. The van der Waals surface area contributed by atoms with Gasteiger partial charge in [0.1, 0.15) is 0 Å². The summed E-state index contributed by atoms with van der Waals surface area (Å²) in [4.78, 5) is 38.1. The van der Waals surface area contributed by atoms with Crippen molar-refractivity contribution in [3.63, 3.8) is 0 Å². The van der Waals surface area contributed by atoms with E-state index in [2.05, 4.69) is 31.8 Å². The van der Waals surface area contributed by atoms with Gasteiger partial charge in [0, 0.05) is 18.8 Å². The number of morpholine rings is 1. The van der Waals surface area contributed by atoms with E-state index >= 15 is 0 Å². The normalized spacial score (nSPS) is 13.4. The number of halogens is 1. The molecule has 1 heterocycles. The second-order valence-electron chi connectivity index (χ2n) is 7.34. The van der Waals surface area contributed by atoms with E-state index in [1.807, 2.05) is 13.0 Å². The molecule has 34 heavy (non-hydrogen) atoms. The van der Waals surface area contributed by atoms with Gasteiger partial charge in [0.15, 0.2) is 18.1 Å². The van der Waals surface area contributed by atoms with Crippen molar-refractivity contribution in [2.24, 2.45) is 5.10 Å². The van der Waals surface area contributed by atoms with Crippen LogP contribution in [0.5, 0.6) is 11.5 Å². The number of benzene rings is 2. The van der Waals surface area contributed by atoms with Gasteiger partial charge in [-0.05, 0) is 58.2 Å². The Labute approximate surface area is 205 Å². The molecule has 0 radical (unpaired) electrons. The topological polar surface area (TPSA) is 119 Å². The van der Waals surface area contributed by atoms with Gasteiger partial charge in [-0.25, -0.2) is 5.43 Å². The number of aryl methyl sites for hydroxylation is 1. The number of ether oxygens (including phenoxy) is 3. The highest BCUT2D eigenvalue weighted by Gasteiger charge is 2.19. The summed E-state index contributed by atoms with van der Waals surface area (Å²) >= 11 is 3.41.